The van der Waals surface area contributed by atoms with Crippen LogP contribution in [0.4, 0.5) is 9.18 Å². The molecule has 1 atom stereocenters. The van der Waals surface area contributed by atoms with Crippen LogP contribution < -0.4 is 10.6 Å². The lowest BCUT2D eigenvalue weighted by Crippen LogP contribution is -2.36. The van der Waals surface area contributed by atoms with E-state index in [0.29, 0.717) is 24.2 Å². The summed E-state index contributed by atoms with van der Waals surface area (Å²) in [6, 6.07) is 11.2. The summed E-state index contributed by atoms with van der Waals surface area (Å²) in [5, 5.41) is 23.2. The summed E-state index contributed by atoms with van der Waals surface area (Å²) in [6.07, 6.45) is 7.98. The number of amides is 2. The molecule has 184 valence electrons. The van der Waals surface area contributed by atoms with Crippen molar-refractivity contribution in [2.75, 3.05) is 0 Å². The second-order valence-electron chi connectivity index (χ2n) is 9.18. The summed E-state index contributed by atoms with van der Waals surface area (Å²) < 4.78 is 15.1. The average molecular weight is 486 g/mol. The summed E-state index contributed by atoms with van der Waals surface area (Å²) in [5.74, 6) is 6.24. The number of halogens is 1. The molecule has 7 nitrogen and oxygen atoms in total. The van der Waals surface area contributed by atoms with Gasteiger partial charge in [-0.15, -0.1) is 0 Å². The smallest absolute Gasteiger partial charge is 0.319 e. The standard InChI is InChI=1S/C28H28FN5O2/c1-28(2,36)12-11-20-3-6-22-7-10-24(26-31-13-14-34(26)25(22)16-20)33-27(35)32-18-21(17-30)15-19-4-8-23(29)9-5-19/h3-6,8-9,13-14,16-18,24,30,36H,7,10,15H2,1-2H3,(H2,32,33,35)/b21-18-,30-17?. The van der Waals surface area contributed by atoms with Crippen molar-refractivity contribution in [2.24, 2.45) is 0 Å². The van der Waals surface area contributed by atoms with Gasteiger partial charge >= 0.3 is 6.03 Å². The predicted octanol–water partition coefficient (Wildman–Crippen LogP) is 4.20. The van der Waals surface area contributed by atoms with Crippen molar-refractivity contribution in [3.05, 3.63) is 95.0 Å². The average Bonchev–Trinajstić information content (AvgIpc) is 3.29. The van der Waals surface area contributed by atoms with Crippen molar-refractivity contribution in [1.29, 1.82) is 5.41 Å². The Balaban J connectivity index is 1.48. The highest BCUT2D eigenvalue weighted by Gasteiger charge is 2.25. The molecule has 0 fully saturated rings. The minimum atomic E-state index is -1.08. The van der Waals surface area contributed by atoms with Crippen molar-refractivity contribution in [2.45, 2.75) is 44.8 Å². The third-order valence-electron chi connectivity index (χ3n) is 5.74. The number of rotatable bonds is 5. The number of aryl methyl sites for hydroxylation is 1. The molecule has 0 bridgehead atoms. The van der Waals surface area contributed by atoms with Gasteiger partial charge in [-0.05, 0) is 67.7 Å². The minimum Gasteiger partial charge on any atom is -0.378 e. The molecule has 2 aromatic carbocycles. The molecule has 3 aromatic rings. The first kappa shape index (κ1) is 24.9. The highest BCUT2D eigenvalue weighted by molar-refractivity contribution is 5.80. The number of aromatic nitrogens is 2. The van der Waals surface area contributed by atoms with E-state index in [0.717, 1.165) is 35.0 Å². The lowest BCUT2D eigenvalue weighted by molar-refractivity contribution is 0.143. The van der Waals surface area contributed by atoms with Gasteiger partial charge in [0.1, 0.15) is 17.2 Å². The zero-order chi connectivity index (χ0) is 25.7. The molecule has 1 aliphatic heterocycles. The maximum Gasteiger partial charge on any atom is 0.319 e. The number of carbonyl (C=O) groups is 1. The number of urea groups is 1. The molecule has 0 aliphatic carbocycles. The molecule has 0 spiro atoms. The van der Waals surface area contributed by atoms with E-state index in [1.54, 1.807) is 32.2 Å². The first-order chi connectivity index (χ1) is 17.2. The molecule has 0 saturated heterocycles. The molecule has 2 amide bonds. The maximum absolute atomic E-state index is 13.1. The van der Waals surface area contributed by atoms with Gasteiger partial charge in [0.05, 0.1) is 11.7 Å². The van der Waals surface area contributed by atoms with Crippen LogP contribution >= 0.6 is 0 Å². The second-order valence-corrected chi connectivity index (χ2v) is 9.18. The molecule has 0 saturated carbocycles. The molecule has 4 rings (SSSR count). The molecule has 1 aliphatic rings. The topological polar surface area (TPSA) is 103 Å². The Morgan fingerprint density at radius 2 is 2.08 bits per heavy atom. The summed E-state index contributed by atoms with van der Waals surface area (Å²) in [6.45, 7) is 3.28. The number of hydrogen-bond donors (Lipinski definition) is 4. The third-order valence-corrected chi connectivity index (χ3v) is 5.74. The van der Waals surface area contributed by atoms with Crippen LogP contribution in [0.1, 0.15) is 48.8 Å². The molecule has 1 unspecified atom stereocenters. The van der Waals surface area contributed by atoms with Crippen LogP contribution in [0.15, 0.2) is 66.6 Å². The Labute approximate surface area is 209 Å². The van der Waals surface area contributed by atoms with E-state index < -0.39 is 11.6 Å². The molecule has 2 heterocycles. The number of fused-ring (bicyclic) bond motifs is 3. The number of nitrogens with zero attached hydrogens (tertiary/aromatic N) is 2. The minimum absolute atomic E-state index is 0.321. The fourth-order valence-corrected chi connectivity index (χ4v) is 3.98. The highest BCUT2D eigenvalue weighted by Crippen LogP contribution is 2.29. The Hall–Kier alpha value is -4.22. The zero-order valence-electron chi connectivity index (χ0n) is 20.2. The van der Waals surface area contributed by atoms with E-state index in [1.165, 1.54) is 18.3 Å². The highest BCUT2D eigenvalue weighted by atomic mass is 19.1. The first-order valence-electron chi connectivity index (χ1n) is 11.6. The lowest BCUT2D eigenvalue weighted by atomic mass is 10.0. The van der Waals surface area contributed by atoms with E-state index >= 15 is 0 Å². The summed E-state index contributed by atoms with van der Waals surface area (Å²) in [7, 11) is 0. The van der Waals surface area contributed by atoms with Gasteiger partial charge in [0.25, 0.3) is 0 Å². The number of allylic oxidation sites excluding steroid dienone is 1. The van der Waals surface area contributed by atoms with Crippen LogP contribution in [0.2, 0.25) is 0 Å². The van der Waals surface area contributed by atoms with E-state index in [-0.39, 0.29) is 11.9 Å². The van der Waals surface area contributed by atoms with Crippen molar-refractivity contribution in [3.63, 3.8) is 0 Å². The Morgan fingerprint density at radius 3 is 2.81 bits per heavy atom. The number of benzene rings is 2. The summed E-state index contributed by atoms with van der Waals surface area (Å²) in [4.78, 5) is 17.2. The predicted molar refractivity (Wildman–Crippen MR) is 136 cm³/mol. The van der Waals surface area contributed by atoms with E-state index in [9.17, 15) is 14.3 Å². The van der Waals surface area contributed by atoms with Crippen molar-refractivity contribution in [3.8, 4) is 17.5 Å². The number of imidazole rings is 1. The number of hydrogen-bond acceptors (Lipinski definition) is 4. The van der Waals surface area contributed by atoms with Gasteiger partial charge in [-0.1, -0.05) is 30.0 Å². The molecule has 1 aromatic heterocycles. The molecular formula is C28H28FN5O2. The molecular weight excluding hydrogens is 457 g/mol. The van der Waals surface area contributed by atoms with E-state index in [2.05, 4.69) is 27.5 Å². The fraction of sp³-hybridized carbons (Fsp3) is 0.250. The summed E-state index contributed by atoms with van der Waals surface area (Å²) >= 11 is 0. The van der Waals surface area contributed by atoms with Gasteiger partial charge < -0.3 is 25.7 Å². The zero-order valence-corrected chi connectivity index (χ0v) is 20.2. The van der Waals surface area contributed by atoms with E-state index in [1.807, 2.05) is 29.0 Å². The lowest BCUT2D eigenvalue weighted by Gasteiger charge is -2.17. The van der Waals surface area contributed by atoms with Crippen LogP contribution in [0.25, 0.3) is 5.69 Å². The third kappa shape index (κ3) is 6.26. The SMILES string of the molecule is CC(C)(O)C#Cc1ccc2c(c1)-n1ccnc1C(NC(=O)N/C=C(\C=N)Cc1ccc(F)cc1)CC2. The van der Waals surface area contributed by atoms with E-state index in [4.69, 9.17) is 5.41 Å². The van der Waals surface area contributed by atoms with Crippen LogP contribution in [0.3, 0.4) is 0 Å². The number of aliphatic hydroxyl groups is 1. The fourth-order valence-electron chi connectivity index (χ4n) is 3.98. The van der Waals surface area contributed by atoms with Gasteiger partial charge in [-0.3, -0.25) is 0 Å². The number of carbonyl (C=O) groups excluding carboxylic acids is 1. The van der Waals surface area contributed by atoms with Gasteiger partial charge in [0, 0.05) is 36.8 Å². The first-order valence-corrected chi connectivity index (χ1v) is 11.6. The van der Waals surface area contributed by atoms with Crippen molar-refractivity contribution < 1.29 is 14.3 Å². The molecule has 8 heteroatoms. The second kappa shape index (κ2) is 10.6. The Kier molecular flexibility index (Phi) is 7.32. The largest absolute Gasteiger partial charge is 0.378 e. The Bertz CT molecular complexity index is 1360. The van der Waals surface area contributed by atoms with Gasteiger partial charge in [0.15, 0.2) is 0 Å². The van der Waals surface area contributed by atoms with Crippen LogP contribution in [-0.2, 0) is 12.8 Å². The van der Waals surface area contributed by atoms with Gasteiger partial charge in [-0.2, -0.15) is 0 Å². The van der Waals surface area contributed by atoms with Crippen LogP contribution in [0.5, 0.6) is 0 Å². The Morgan fingerprint density at radius 1 is 1.31 bits per heavy atom. The van der Waals surface area contributed by atoms with Gasteiger partial charge in [-0.25, -0.2) is 14.2 Å². The number of nitrogens with one attached hydrogen (secondary N) is 3. The monoisotopic (exact) mass is 485 g/mol. The maximum atomic E-state index is 13.1. The van der Waals surface area contributed by atoms with Crippen LogP contribution in [-0.4, -0.2) is 32.5 Å². The van der Waals surface area contributed by atoms with Crippen LogP contribution in [0, 0.1) is 23.1 Å². The normalized spacial score (nSPS) is 15.0. The molecule has 36 heavy (non-hydrogen) atoms. The molecule has 4 N–H and O–H groups in total. The summed E-state index contributed by atoms with van der Waals surface area (Å²) in [5.41, 5.74) is 3.17. The van der Waals surface area contributed by atoms with Crippen molar-refractivity contribution >= 4 is 12.2 Å². The van der Waals surface area contributed by atoms with Crippen molar-refractivity contribution in [1.82, 2.24) is 20.2 Å². The molecule has 0 radical (unpaired) electrons. The van der Waals surface area contributed by atoms with Gasteiger partial charge in [0.2, 0.25) is 0 Å². The quantitative estimate of drug-likeness (QED) is 0.322.